The Labute approximate surface area is 48.8 Å². The lowest BCUT2D eigenvalue weighted by Gasteiger charge is -2.21. The lowest BCUT2D eigenvalue weighted by atomic mass is 10.1. The molecule has 0 aliphatic rings. The Hall–Kier alpha value is 0.210. The summed E-state index contributed by atoms with van der Waals surface area (Å²) in [5, 5.41) is 8.49. The molecule has 7 heavy (non-hydrogen) atoms. The monoisotopic (exact) mass is 123 g/mol. The van der Waals surface area contributed by atoms with E-state index >= 15 is 0 Å². The van der Waals surface area contributed by atoms with Crippen LogP contribution in [-0.4, -0.2) is 15.3 Å². The maximum absolute atomic E-state index is 8.49. The first kappa shape index (κ1) is 7.21. The van der Waals surface area contributed by atoms with Crippen molar-refractivity contribution in [1.82, 2.24) is 4.58 Å². The molecule has 0 atom stereocenters. The van der Waals surface area contributed by atoms with Gasteiger partial charge in [0.05, 0.1) is 5.54 Å². The van der Waals surface area contributed by atoms with Gasteiger partial charge in [0.15, 0.2) is 0 Å². The fourth-order valence-corrected chi connectivity index (χ4v) is 0. The molecule has 0 fully saturated rings. The summed E-state index contributed by atoms with van der Waals surface area (Å²) in [6.07, 6.45) is 0. The Bertz CT molecular complexity index is 57.2. The van der Waals surface area contributed by atoms with Crippen LogP contribution in [0.25, 0.3) is 0 Å². The van der Waals surface area contributed by atoms with Crippen molar-refractivity contribution in [1.29, 1.82) is 0 Å². The molecule has 0 saturated heterocycles. The van der Waals surface area contributed by atoms with E-state index < -0.39 is 0 Å². The summed E-state index contributed by atoms with van der Waals surface area (Å²) in [5.74, 6) is 0. The Morgan fingerprint density at radius 1 is 1.43 bits per heavy atom. The van der Waals surface area contributed by atoms with Crippen molar-refractivity contribution in [3.05, 3.63) is 0 Å². The molecule has 3 heteroatoms. The predicted molar refractivity (Wildman–Crippen MR) is 29.2 cm³/mol. The normalized spacial score (nSPS) is 12.9. The third kappa shape index (κ3) is 2.85. The number of hydrogen-bond donors (Lipinski definition) is 1. The maximum atomic E-state index is 8.49. The molecule has 0 unspecified atom stereocenters. The van der Waals surface area contributed by atoms with Crippen LogP contribution in [0.2, 0.25) is 0 Å². The standard InChI is InChI=1S/C4H10ClNO/c1-4(2,3)6(5)7/h7H,1-3H3. The molecular weight excluding hydrogens is 114 g/mol. The van der Waals surface area contributed by atoms with Crippen LogP contribution in [0, 0.1) is 0 Å². The minimum atomic E-state index is -0.346. The molecule has 0 aromatic carbocycles. The highest BCUT2D eigenvalue weighted by Gasteiger charge is 2.15. The molecule has 0 heterocycles. The van der Waals surface area contributed by atoms with Gasteiger partial charge in [-0.05, 0) is 20.8 Å². The van der Waals surface area contributed by atoms with E-state index in [9.17, 15) is 0 Å². The van der Waals surface area contributed by atoms with Crippen molar-refractivity contribution in [2.45, 2.75) is 26.3 Å². The van der Waals surface area contributed by atoms with Gasteiger partial charge >= 0.3 is 0 Å². The van der Waals surface area contributed by atoms with E-state index in [0.717, 1.165) is 0 Å². The third-order valence-corrected chi connectivity index (χ3v) is 1.06. The molecule has 0 radical (unpaired) electrons. The first-order valence-corrected chi connectivity index (χ1v) is 2.43. The Kier molecular flexibility index (Phi) is 2.05. The van der Waals surface area contributed by atoms with E-state index in [0.29, 0.717) is 4.58 Å². The molecule has 0 bridgehead atoms. The van der Waals surface area contributed by atoms with Crippen molar-refractivity contribution in [2.24, 2.45) is 0 Å². The first-order chi connectivity index (χ1) is 2.94. The van der Waals surface area contributed by atoms with E-state index in [1.807, 2.05) is 0 Å². The van der Waals surface area contributed by atoms with Gasteiger partial charge in [-0.3, -0.25) is 5.21 Å². The van der Waals surface area contributed by atoms with Gasteiger partial charge in [0.2, 0.25) is 0 Å². The molecule has 2 nitrogen and oxygen atoms in total. The second-order valence-electron chi connectivity index (χ2n) is 2.43. The number of halogens is 1. The van der Waals surface area contributed by atoms with E-state index in [1.165, 1.54) is 0 Å². The van der Waals surface area contributed by atoms with Crippen LogP contribution in [0.3, 0.4) is 0 Å². The fraction of sp³-hybridized carbons (Fsp3) is 1.00. The molecule has 0 aromatic heterocycles. The summed E-state index contributed by atoms with van der Waals surface area (Å²) in [6.45, 7) is 5.42. The van der Waals surface area contributed by atoms with Gasteiger partial charge in [-0.15, -0.1) is 0 Å². The van der Waals surface area contributed by atoms with E-state index in [1.54, 1.807) is 20.8 Å². The minimum absolute atomic E-state index is 0.346. The highest BCUT2D eigenvalue weighted by Crippen LogP contribution is 2.10. The molecular formula is C4H10ClNO. The Morgan fingerprint density at radius 2 is 1.57 bits per heavy atom. The van der Waals surface area contributed by atoms with Crippen molar-refractivity contribution in [2.75, 3.05) is 0 Å². The van der Waals surface area contributed by atoms with Gasteiger partial charge in [0.1, 0.15) is 0 Å². The summed E-state index contributed by atoms with van der Waals surface area (Å²) in [4.78, 5) is 0. The van der Waals surface area contributed by atoms with Crippen LogP contribution in [0.4, 0.5) is 0 Å². The predicted octanol–water partition coefficient (Wildman–Crippen LogP) is 1.63. The van der Waals surface area contributed by atoms with Crippen molar-refractivity contribution >= 4 is 11.8 Å². The van der Waals surface area contributed by atoms with Gasteiger partial charge in [0, 0.05) is 11.8 Å². The van der Waals surface area contributed by atoms with Crippen LogP contribution in [-0.2, 0) is 0 Å². The summed E-state index contributed by atoms with van der Waals surface area (Å²) >= 11 is 5.14. The molecule has 0 spiro atoms. The van der Waals surface area contributed by atoms with Crippen LogP contribution in [0.1, 0.15) is 20.8 Å². The van der Waals surface area contributed by atoms with Crippen LogP contribution in [0.15, 0.2) is 0 Å². The number of nitrogens with zero attached hydrogens (tertiary/aromatic N) is 1. The lowest BCUT2D eigenvalue weighted by Crippen LogP contribution is -2.30. The van der Waals surface area contributed by atoms with Gasteiger partial charge in [-0.2, -0.15) is 0 Å². The van der Waals surface area contributed by atoms with Crippen LogP contribution in [0.5, 0.6) is 0 Å². The highest BCUT2D eigenvalue weighted by atomic mass is 35.5. The summed E-state index contributed by atoms with van der Waals surface area (Å²) < 4.78 is 0.660. The zero-order valence-electron chi connectivity index (χ0n) is 4.77. The number of hydroxylamine groups is 1. The van der Waals surface area contributed by atoms with Gasteiger partial charge in [0.25, 0.3) is 0 Å². The number of rotatable bonds is 0. The second kappa shape index (κ2) is 1.99. The van der Waals surface area contributed by atoms with E-state index in [-0.39, 0.29) is 5.54 Å². The van der Waals surface area contributed by atoms with Gasteiger partial charge < -0.3 is 0 Å². The third-order valence-electron chi connectivity index (χ3n) is 0.554. The smallest absolute Gasteiger partial charge is 0.0543 e. The SMILES string of the molecule is CC(C)(C)N(O)Cl. The average molecular weight is 124 g/mol. The van der Waals surface area contributed by atoms with Gasteiger partial charge in [-0.1, -0.05) is 4.58 Å². The zero-order valence-corrected chi connectivity index (χ0v) is 5.53. The molecule has 0 aliphatic heterocycles. The summed E-state index contributed by atoms with van der Waals surface area (Å²) in [6, 6.07) is 0. The largest absolute Gasteiger partial charge is 0.298 e. The minimum Gasteiger partial charge on any atom is -0.298 e. The van der Waals surface area contributed by atoms with E-state index in [2.05, 4.69) is 0 Å². The maximum Gasteiger partial charge on any atom is 0.0543 e. The lowest BCUT2D eigenvalue weighted by molar-refractivity contribution is -0.0659. The van der Waals surface area contributed by atoms with Crippen molar-refractivity contribution < 1.29 is 5.21 Å². The molecule has 0 aromatic rings. The first-order valence-electron chi connectivity index (χ1n) is 2.09. The fourth-order valence-electron chi connectivity index (χ4n) is 0. The van der Waals surface area contributed by atoms with Crippen LogP contribution >= 0.6 is 11.8 Å². The summed E-state index contributed by atoms with van der Waals surface area (Å²) in [5.41, 5.74) is -0.346. The van der Waals surface area contributed by atoms with Crippen LogP contribution < -0.4 is 0 Å². The topological polar surface area (TPSA) is 23.5 Å². The van der Waals surface area contributed by atoms with Crippen molar-refractivity contribution in [3.63, 3.8) is 0 Å². The van der Waals surface area contributed by atoms with Crippen molar-refractivity contribution in [3.8, 4) is 0 Å². The molecule has 1 N–H and O–H groups in total. The average Bonchev–Trinajstić information content (AvgIpc) is 1.31. The molecule has 0 rings (SSSR count). The Morgan fingerprint density at radius 3 is 1.57 bits per heavy atom. The van der Waals surface area contributed by atoms with Gasteiger partial charge in [-0.25, -0.2) is 0 Å². The molecule has 44 valence electrons. The van der Waals surface area contributed by atoms with E-state index in [4.69, 9.17) is 17.0 Å². The zero-order chi connectivity index (χ0) is 6.08. The molecule has 0 aliphatic carbocycles. The highest BCUT2D eigenvalue weighted by molar-refractivity contribution is 6.12. The summed E-state index contributed by atoms with van der Waals surface area (Å²) in [7, 11) is 0. The molecule has 0 amide bonds. The molecule has 0 saturated carbocycles. The quantitative estimate of drug-likeness (QED) is 0.391. The second-order valence-corrected chi connectivity index (χ2v) is 2.75. The number of hydrogen-bond acceptors (Lipinski definition) is 2. The Balaban J connectivity index is 3.54.